The van der Waals surface area contributed by atoms with Gasteiger partial charge in [0.2, 0.25) is 0 Å². The number of unbranched alkanes of at least 4 members (excludes halogenated alkanes) is 5. The Bertz CT molecular complexity index is 311. The highest BCUT2D eigenvalue weighted by Gasteiger charge is 2.33. The average Bonchev–Trinajstić information content (AvgIpc) is 2.41. The zero-order valence-corrected chi connectivity index (χ0v) is 14.4. The smallest absolute Gasteiger partial charge is 0.137 e. The summed E-state index contributed by atoms with van der Waals surface area (Å²) in [4.78, 5) is 12.1. The Morgan fingerprint density at radius 3 is 2.55 bits per heavy atom. The molecule has 20 heavy (non-hydrogen) atoms. The molecule has 0 aliphatic heterocycles. The first-order chi connectivity index (χ1) is 9.56. The van der Waals surface area contributed by atoms with Crippen molar-refractivity contribution < 1.29 is 4.79 Å². The van der Waals surface area contributed by atoms with Crippen molar-refractivity contribution in [1.82, 2.24) is 0 Å². The summed E-state index contributed by atoms with van der Waals surface area (Å²) in [7, 11) is 0. The standard InChI is InChI=1S/C18H32OS/c1-5-6-7-8-9-10-11-20-18-13-16(14(2)3)12-17(19)15(18)4/h15-16,18H,2,5-13H2,1,3-4H3. The minimum atomic E-state index is 0.246. The molecule has 0 aromatic heterocycles. The molecule has 2 heteroatoms. The van der Waals surface area contributed by atoms with E-state index in [4.69, 9.17) is 0 Å². The first kappa shape index (κ1) is 17.8. The van der Waals surface area contributed by atoms with E-state index in [1.54, 1.807) is 0 Å². The summed E-state index contributed by atoms with van der Waals surface area (Å²) in [6.07, 6.45) is 10.0. The van der Waals surface area contributed by atoms with E-state index in [9.17, 15) is 4.79 Å². The Hall–Kier alpha value is -0.240. The van der Waals surface area contributed by atoms with Gasteiger partial charge in [-0.2, -0.15) is 11.8 Å². The van der Waals surface area contributed by atoms with Crippen molar-refractivity contribution in [2.45, 2.75) is 77.4 Å². The minimum Gasteiger partial charge on any atom is -0.299 e. The molecule has 0 saturated heterocycles. The van der Waals surface area contributed by atoms with Gasteiger partial charge in [0.05, 0.1) is 0 Å². The summed E-state index contributed by atoms with van der Waals surface area (Å²) in [5, 5.41) is 0.522. The van der Waals surface area contributed by atoms with Crippen molar-refractivity contribution in [3.63, 3.8) is 0 Å². The lowest BCUT2D eigenvalue weighted by molar-refractivity contribution is -0.124. The molecule has 116 valence electrons. The van der Waals surface area contributed by atoms with Crippen LogP contribution in [0.3, 0.4) is 0 Å². The van der Waals surface area contributed by atoms with E-state index < -0.39 is 0 Å². The Balaban J connectivity index is 2.23. The van der Waals surface area contributed by atoms with Crippen molar-refractivity contribution in [3.05, 3.63) is 12.2 Å². The number of hydrogen-bond donors (Lipinski definition) is 0. The van der Waals surface area contributed by atoms with Gasteiger partial charge in [-0.15, -0.1) is 0 Å². The quantitative estimate of drug-likeness (QED) is 0.404. The molecule has 0 radical (unpaired) electrons. The van der Waals surface area contributed by atoms with Gasteiger partial charge in [-0.1, -0.05) is 58.1 Å². The van der Waals surface area contributed by atoms with E-state index in [1.807, 2.05) is 11.8 Å². The molecule has 1 nitrogen and oxygen atoms in total. The third kappa shape index (κ3) is 6.03. The second-order valence-electron chi connectivity index (χ2n) is 6.42. The van der Waals surface area contributed by atoms with Crippen LogP contribution in [0.1, 0.15) is 72.1 Å². The molecule has 1 saturated carbocycles. The number of rotatable bonds is 9. The van der Waals surface area contributed by atoms with Crippen LogP contribution in [0.2, 0.25) is 0 Å². The van der Waals surface area contributed by atoms with E-state index in [2.05, 4.69) is 27.4 Å². The van der Waals surface area contributed by atoms with Gasteiger partial charge in [0.25, 0.3) is 0 Å². The van der Waals surface area contributed by atoms with Crippen molar-refractivity contribution in [1.29, 1.82) is 0 Å². The first-order valence-electron chi connectivity index (χ1n) is 8.36. The molecule has 0 bridgehead atoms. The second kappa shape index (κ2) is 9.65. The van der Waals surface area contributed by atoms with Crippen molar-refractivity contribution in [2.24, 2.45) is 11.8 Å². The molecule has 1 rings (SSSR count). The molecule has 1 aliphatic rings. The highest BCUT2D eigenvalue weighted by Crippen LogP contribution is 2.37. The number of Topliss-reactive ketones (excluding diaryl/α,β-unsaturated/α-hetero) is 1. The van der Waals surface area contributed by atoms with Gasteiger partial charge in [0.15, 0.2) is 0 Å². The Kier molecular flexibility index (Phi) is 8.60. The molecule has 3 unspecified atom stereocenters. The summed E-state index contributed by atoms with van der Waals surface area (Å²) in [5.74, 6) is 2.35. The normalized spacial score (nSPS) is 26.8. The third-order valence-corrected chi connectivity index (χ3v) is 6.11. The maximum Gasteiger partial charge on any atom is 0.137 e. The van der Waals surface area contributed by atoms with Gasteiger partial charge in [-0.25, -0.2) is 0 Å². The van der Waals surface area contributed by atoms with Crippen LogP contribution in [0.25, 0.3) is 0 Å². The van der Waals surface area contributed by atoms with Crippen molar-refractivity contribution >= 4 is 17.5 Å². The van der Waals surface area contributed by atoms with E-state index in [1.165, 1.54) is 49.9 Å². The van der Waals surface area contributed by atoms with E-state index in [0.717, 1.165) is 12.8 Å². The molecular weight excluding hydrogens is 264 g/mol. The fourth-order valence-corrected chi connectivity index (χ4v) is 4.39. The number of ketones is 1. The number of carbonyl (C=O) groups excluding carboxylic acids is 1. The molecule has 3 atom stereocenters. The fourth-order valence-electron chi connectivity index (χ4n) is 2.91. The third-order valence-electron chi connectivity index (χ3n) is 4.56. The molecule has 0 heterocycles. The molecule has 0 aromatic carbocycles. The van der Waals surface area contributed by atoms with Crippen LogP contribution in [-0.2, 0) is 4.79 Å². The van der Waals surface area contributed by atoms with Crippen LogP contribution in [0.15, 0.2) is 12.2 Å². The number of hydrogen-bond acceptors (Lipinski definition) is 2. The lowest BCUT2D eigenvalue weighted by Gasteiger charge is -2.33. The minimum absolute atomic E-state index is 0.246. The SMILES string of the molecule is C=C(C)C1CC(=O)C(C)C(SCCCCCCCC)C1. The predicted molar refractivity (Wildman–Crippen MR) is 91.3 cm³/mol. The first-order valence-corrected chi connectivity index (χ1v) is 9.40. The topological polar surface area (TPSA) is 17.1 Å². The Morgan fingerprint density at radius 2 is 1.90 bits per heavy atom. The molecule has 0 amide bonds. The van der Waals surface area contributed by atoms with Gasteiger partial charge >= 0.3 is 0 Å². The lowest BCUT2D eigenvalue weighted by Crippen LogP contribution is -2.33. The summed E-state index contributed by atoms with van der Waals surface area (Å²) in [6.45, 7) is 10.5. The lowest BCUT2D eigenvalue weighted by atomic mass is 9.79. The maximum atomic E-state index is 12.1. The summed E-state index contributed by atoms with van der Waals surface area (Å²) in [6, 6.07) is 0. The number of allylic oxidation sites excluding steroid dienone is 1. The highest BCUT2D eigenvalue weighted by molar-refractivity contribution is 7.99. The highest BCUT2D eigenvalue weighted by atomic mass is 32.2. The monoisotopic (exact) mass is 296 g/mol. The summed E-state index contributed by atoms with van der Waals surface area (Å²) < 4.78 is 0. The molecule has 0 aromatic rings. The van der Waals surface area contributed by atoms with Crippen molar-refractivity contribution in [3.8, 4) is 0 Å². The Morgan fingerprint density at radius 1 is 1.25 bits per heavy atom. The largest absolute Gasteiger partial charge is 0.299 e. The molecule has 1 aliphatic carbocycles. The van der Waals surface area contributed by atoms with E-state index in [-0.39, 0.29) is 5.92 Å². The summed E-state index contributed by atoms with van der Waals surface area (Å²) >= 11 is 2.03. The number of thioether (sulfide) groups is 1. The molecule has 1 fully saturated rings. The van der Waals surface area contributed by atoms with Crippen LogP contribution in [0.5, 0.6) is 0 Å². The van der Waals surface area contributed by atoms with E-state index >= 15 is 0 Å². The van der Waals surface area contributed by atoms with Crippen LogP contribution < -0.4 is 0 Å². The van der Waals surface area contributed by atoms with Gasteiger partial charge in [0, 0.05) is 17.6 Å². The number of carbonyl (C=O) groups is 1. The second-order valence-corrected chi connectivity index (χ2v) is 7.76. The van der Waals surface area contributed by atoms with Crippen LogP contribution in [-0.4, -0.2) is 16.8 Å². The van der Waals surface area contributed by atoms with Crippen LogP contribution in [0.4, 0.5) is 0 Å². The van der Waals surface area contributed by atoms with E-state index in [0.29, 0.717) is 17.0 Å². The average molecular weight is 297 g/mol. The Labute approximate surface area is 130 Å². The van der Waals surface area contributed by atoms with Crippen LogP contribution in [0, 0.1) is 11.8 Å². The predicted octanol–water partition coefficient (Wildman–Crippen LogP) is 5.64. The molecule has 0 N–H and O–H groups in total. The zero-order valence-electron chi connectivity index (χ0n) is 13.6. The van der Waals surface area contributed by atoms with Gasteiger partial charge in [-0.3, -0.25) is 4.79 Å². The van der Waals surface area contributed by atoms with Crippen LogP contribution >= 0.6 is 11.8 Å². The van der Waals surface area contributed by atoms with Gasteiger partial charge in [0.1, 0.15) is 5.78 Å². The fraction of sp³-hybridized carbons (Fsp3) is 0.833. The van der Waals surface area contributed by atoms with Gasteiger partial charge < -0.3 is 0 Å². The van der Waals surface area contributed by atoms with Crippen molar-refractivity contribution in [2.75, 3.05) is 5.75 Å². The molecular formula is C18H32OS. The van der Waals surface area contributed by atoms with Gasteiger partial charge in [-0.05, 0) is 31.4 Å². The molecule has 0 spiro atoms. The zero-order chi connectivity index (χ0) is 15.0. The maximum absolute atomic E-state index is 12.1. The summed E-state index contributed by atoms with van der Waals surface area (Å²) in [5.41, 5.74) is 1.19.